The summed E-state index contributed by atoms with van der Waals surface area (Å²) in [4.78, 5) is 8.38. The van der Waals surface area contributed by atoms with E-state index in [2.05, 4.69) is 23.0 Å². The summed E-state index contributed by atoms with van der Waals surface area (Å²) in [7, 11) is 0. The maximum Gasteiger partial charge on any atom is 0.130 e. The van der Waals surface area contributed by atoms with Crippen LogP contribution in [0.5, 0.6) is 0 Å². The molecule has 1 aromatic rings. The number of allylic oxidation sites excluding steroid dienone is 1. The van der Waals surface area contributed by atoms with E-state index < -0.39 is 12.2 Å². The second kappa shape index (κ2) is 6.56. The molecular formula is C16H23N3O2S. The molecule has 22 heavy (non-hydrogen) atoms. The number of nitrogens with two attached hydrogens (primary N) is 1. The van der Waals surface area contributed by atoms with Gasteiger partial charge in [0.25, 0.3) is 0 Å². The summed E-state index contributed by atoms with van der Waals surface area (Å²) in [6, 6.07) is 0. The summed E-state index contributed by atoms with van der Waals surface area (Å²) in [5.41, 5.74) is 8.73. The third-order valence-corrected chi connectivity index (χ3v) is 6.02. The van der Waals surface area contributed by atoms with Crippen molar-refractivity contribution in [3.63, 3.8) is 0 Å². The molecule has 1 fully saturated rings. The molecule has 4 atom stereocenters. The smallest absolute Gasteiger partial charge is 0.130 e. The Labute approximate surface area is 135 Å². The Kier molecular flexibility index (Phi) is 4.70. The first-order valence-corrected chi connectivity index (χ1v) is 9.02. The van der Waals surface area contributed by atoms with Crippen molar-refractivity contribution in [2.75, 3.05) is 17.2 Å². The second-order valence-corrected chi connectivity index (χ2v) is 7.26. The number of aliphatic hydroxyl groups excluding tert-OH is 2. The van der Waals surface area contributed by atoms with Gasteiger partial charge in [-0.1, -0.05) is 13.0 Å². The molecule has 0 radical (unpaired) electrons. The van der Waals surface area contributed by atoms with Gasteiger partial charge in [0.15, 0.2) is 0 Å². The second-order valence-electron chi connectivity index (χ2n) is 6.11. The summed E-state index contributed by atoms with van der Waals surface area (Å²) in [5.74, 6) is 2.59. The summed E-state index contributed by atoms with van der Waals surface area (Å²) < 4.78 is 0. The topological polar surface area (TPSA) is 92.3 Å². The van der Waals surface area contributed by atoms with E-state index in [9.17, 15) is 10.2 Å². The van der Waals surface area contributed by atoms with E-state index in [0.717, 1.165) is 41.2 Å². The van der Waals surface area contributed by atoms with E-state index in [0.29, 0.717) is 12.2 Å². The summed E-state index contributed by atoms with van der Waals surface area (Å²) >= 11 is 1.85. The SMILES string of the molecule is CCCSC[C@H]1CC(C2=CCc3c(N)ncnc32)[C@H](O)[C@@H]1O. The number of anilines is 1. The molecule has 0 amide bonds. The normalized spacial score (nSPS) is 30.4. The van der Waals surface area contributed by atoms with Crippen LogP contribution in [0.2, 0.25) is 0 Å². The van der Waals surface area contributed by atoms with Crippen molar-refractivity contribution < 1.29 is 10.2 Å². The lowest BCUT2D eigenvalue weighted by Crippen LogP contribution is -2.29. The highest BCUT2D eigenvalue weighted by Crippen LogP contribution is 2.44. The summed E-state index contributed by atoms with van der Waals surface area (Å²) in [5, 5.41) is 20.8. The number of rotatable bonds is 5. The molecule has 4 N–H and O–H groups in total. The highest BCUT2D eigenvalue weighted by atomic mass is 32.2. The van der Waals surface area contributed by atoms with Crippen LogP contribution in [0, 0.1) is 11.8 Å². The first-order valence-electron chi connectivity index (χ1n) is 7.87. The van der Waals surface area contributed by atoms with Crippen LogP contribution in [0.15, 0.2) is 12.4 Å². The fourth-order valence-corrected chi connectivity index (χ4v) is 4.58. The Morgan fingerprint density at radius 3 is 2.91 bits per heavy atom. The fourth-order valence-electron chi connectivity index (χ4n) is 3.49. The molecule has 0 bridgehead atoms. The van der Waals surface area contributed by atoms with Gasteiger partial charge in [-0.15, -0.1) is 0 Å². The Balaban J connectivity index is 1.76. The minimum atomic E-state index is -0.722. The van der Waals surface area contributed by atoms with Gasteiger partial charge in [0.1, 0.15) is 12.1 Å². The molecule has 3 rings (SSSR count). The lowest BCUT2D eigenvalue weighted by Gasteiger charge is -2.18. The number of hydrogen-bond acceptors (Lipinski definition) is 6. The molecule has 120 valence electrons. The molecule has 1 heterocycles. The Morgan fingerprint density at radius 2 is 2.14 bits per heavy atom. The minimum Gasteiger partial charge on any atom is -0.390 e. The first kappa shape index (κ1) is 15.8. The van der Waals surface area contributed by atoms with Crippen molar-refractivity contribution in [3.8, 4) is 0 Å². The van der Waals surface area contributed by atoms with Crippen LogP contribution >= 0.6 is 11.8 Å². The molecule has 5 nitrogen and oxygen atoms in total. The Morgan fingerprint density at radius 1 is 1.32 bits per heavy atom. The van der Waals surface area contributed by atoms with E-state index in [4.69, 9.17) is 5.73 Å². The number of fused-ring (bicyclic) bond motifs is 1. The van der Waals surface area contributed by atoms with Crippen LogP contribution in [0.4, 0.5) is 5.82 Å². The van der Waals surface area contributed by atoms with Gasteiger partial charge in [-0.25, -0.2) is 9.97 Å². The third-order valence-electron chi connectivity index (χ3n) is 4.66. The maximum atomic E-state index is 10.5. The molecular weight excluding hydrogens is 298 g/mol. The molecule has 0 spiro atoms. The molecule has 0 saturated heterocycles. The lowest BCUT2D eigenvalue weighted by molar-refractivity contribution is 0.0160. The Bertz CT molecular complexity index is 579. The monoisotopic (exact) mass is 321 g/mol. The van der Waals surface area contributed by atoms with Gasteiger partial charge in [0.2, 0.25) is 0 Å². The predicted molar refractivity (Wildman–Crippen MR) is 89.4 cm³/mol. The number of aromatic nitrogens is 2. The average Bonchev–Trinajstić information content (AvgIpc) is 3.05. The van der Waals surface area contributed by atoms with Crippen LogP contribution < -0.4 is 5.73 Å². The molecule has 6 heteroatoms. The minimum absolute atomic E-state index is 0.0576. The van der Waals surface area contributed by atoms with Crippen LogP contribution in [0.3, 0.4) is 0 Å². The van der Waals surface area contributed by atoms with E-state index >= 15 is 0 Å². The number of thioether (sulfide) groups is 1. The quantitative estimate of drug-likeness (QED) is 0.712. The van der Waals surface area contributed by atoms with Gasteiger partial charge in [-0.2, -0.15) is 11.8 Å². The molecule has 1 aromatic heterocycles. The van der Waals surface area contributed by atoms with Gasteiger partial charge < -0.3 is 15.9 Å². The standard InChI is InChI=1S/C16H23N3O2S/c1-2-5-22-7-9-6-12(15(21)14(9)20)10-3-4-11-13(10)18-8-19-16(11)17/h3,8-9,12,14-15,20-21H,2,4-7H2,1H3,(H2,17,18,19)/t9-,12?,14-,15+/m1/s1. The van der Waals surface area contributed by atoms with Gasteiger partial charge in [-0.05, 0) is 42.3 Å². The summed E-state index contributed by atoms with van der Waals surface area (Å²) in [6.45, 7) is 2.15. The number of hydrogen-bond donors (Lipinski definition) is 3. The van der Waals surface area contributed by atoms with E-state index in [-0.39, 0.29) is 11.8 Å². The molecule has 0 aliphatic heterocycles. The average molecular weight is 321 g/mol. The van der Waals surface area contributed by atoms with Gasteiger partial charge >= 0.3 is 0 Å². The number of aliphatic hydroxyl groups is 2. The van der Waals surface area contributed by atoms with E-state index in [1.165, 1.54) is 6.33 Å². The van der Waals surface area contributed by atoms with Crippen molar-refractivity contribution in [2.45, 2.75) is 38.4 Å². The predicted octanol–water partition coefficient (Wildman–Crippen LogP) is 1.50. The van der Waals surface area contributed by atoms with Crippen molar-refractivity contribution in [3.05, 3.63) is 23.7 Å². The lowest BCUT2D eigenvalue weighted by atomic mass is 9.93. The largest absolute Gasteiger partial charge is 0.390 e. The molecule has 2 aliphatic rings. The van der Waals surface area contributed by atoms with E-state index in [1.54, 1.807) is 0 Å². The van der Waals surface area contributed by atoms with Crippen LogP contribution in [-0.4, -0.2) is 43.9 Å². The van der Waals surface area contributed by atoms with E-state index in [1.807, 2.05) is 11.8 Å². The van der Waals surface area contributed by atoms with Crippen molar-refractivity contribution in [1.82, 2.24) is 9.97 Å². The molecule has 1 unspecified atom stereocenters. The zero-order valence-corrected chi connectivity index (χ0v) is 13.6. The molecule has 1 saturated carbocycles. The first-order chi connectivity index (χ1) is 10.6. The number of nitrogens with zero attached hydrogens (tertiary/aromatic N) is 2. The van der Waals surface area contributed by atoms with Gasteiger partial charge in [0.05, 0.1) is 17.9 Å². The third kappa shape index (κ3) is 2.75. The Hall–Kier alpha value is -1.11. The van der Waals surface area contributed by atoms with Crippen LogP contribution in [0.1, 0.15) is 31.0 Å². The fraction of sp³-hybridized carbons (Fsp3) is 0.625. The van der Waals surface area contributed by atoms with Crippen molar-refractivity contribution in [2.24, 2.45) is 11.8 Å². The highest BCUT2D eigenvalue weighted by Gasteiger charge is 2.44. The number of nitrogen functional groups attached to an aromatic ring is 1. The van der Waals surface area contributed by atoms with Crippen molar-refractivity contribution in [1.29, 1.82) is 0 Å². The summed E-state index contributed by atoms with van der Waals surface area (Å²) in [6.07, 6.45) is 4.82. The van der Waals surface area contributed by atoms with Gasteiger partial charge in [0, 0.05) is 11.5 Å². The van der Waals surface area contributed by atoms with Crippen LogP contribution in [0.25, 0.3) is 5.57 Å². The highest BCUT2D eigenvalue weighted by molar-refractivity contribution is 7.99. The zero-order valence-electron chi connectivity index (χ0n) is 12.8. The van der Waals surface area contributed by atoms with Crippen molar-refractivity contribution >= 4 is 23.2 Å². The maximum absolute atomic E-state index is 10.5. The zero-order chi connectivity index (χ0) is 15.7. The van der Waals surface area contributed by atoms with Crippen LogP contribution in [-0.2, 0) is 6.42 Å². The molecule has 2 aliphatic carbocycles. The molecule has 0 aromatic carbocycles. The van der Waals surface area contributed by atoms with Gasteiger partial charge in [-0.3, -0.25) is 0 Å².